The maximum atomic E-state index is 12.9. The van der Waals surface area contributed by atoms with Crippen LogP contribution >= 0.6 is 0 Å². The zero-order valence-corrected chi connectivity index (χ0v) is 51.1. The van der Waals surface area contributed by atoms with Gasteiger partial charge in [-0.05, 0) is 44.9 Å². The highest BCUT2D eigenvalue weighted by Gasteiger charge is 2.19. The topological polar surface area (TPSA) is 78.9 Å². The molecule has 444 valence electrons. The highest BCUT2D eigenvalue weighted by atomic mass is 16.6. The van der Waals surface area contributed by atoms with E-state index in [2.05, 4.69) is 32.9 Å². The Labute approximate surface area is 469 Å². The lowest BCUT2D eigenvalue weighted by atomic mass is 10.0. The van der Waals surface area contributed by atoms with Crippen LogP contribution in [0.1, 0.15) is 393 Å². The first-order valence-electron chi connectivity index (χ1n) is 34.2. The molecule has 0 amide bonds. The Balaban J connectivity index is 4.22. The van der Waals surface area contributed by atoms with Crippen LogP contribution in [0, 0.1) is 0 Å². The molecule has 1 atom stereocenters. The van der Waals surface area contributed by atoms with Gasteiger partial charge in [0.25, 0.3) is 0 Å². The van der Waals surface area contributed by atoms with E-state index in [0.717, 1.165) is 64.2 Å². The second kappa shape index (κ2) is 64.7. The predicted molar refractivity (Wildman–Crippen MR) is 326 cm³/mol. The van der Waals surface area contributed by atoms with Crippen molar-refractivity contribution in [1.82, 2.24) is 0 Å². The summed E-state index contributed by atoms with van der Waals surface area (Å²) in [5.74, 6) is -0.841. The van der Waals surface area contributed by atoms with Crippen molar-refractivity contribution in [1.29, 1.82) is 0 Å². The molecule has 1 unspecified atom stereocenters. The molecular weight excluding hydrogens is 925 g/mol. The summed E-state index contributed by atoms with van der Waals surface area (Å²) in [6, 6.07) is 0. The third-order valence-corrected chi connectivity index (χ3v) is 15.8. The van der Waals surface area contributed by atoms with Gasteiger partial charge in [0.15, 0.2) is 6.10 Å². The van der Waals surface area contributed by atoms with Crippen LogP contribution in [0.4, 0.5) is 0 Å². The van der Waals surface area contributed by atoms with E-state index in [1.165, 1.54) is 289 Å². The highest BCUT2D eigenvalue weighted by molar-refractivity contribution is 5.71. The average molecular weight is 1060 g/mol. The lowest BCUT2D eigenvalue weighted by Crippen LogP contribution is -2.30. The number of carbonyl (C=O) groups excluding carboxylic acids is 3. The van der Waals surface area contributed by atoms with Gasteiger partial charge in [0.2, 0.25) is 0 Å². The number of carbonyl (C=O) groups is 3. The molecule has 0 saturated heterocycles. The van der Waals surface area contributed by atoms with Gasteiger partial charge >= 0.3 is 17.9 Å². The average Bonchev–Trinajstić information content (AvgIpc) is 3.41. The van der Waals surface area contributed by atoms with Gasteiger partial charge in [-0.2, -0.15) is 0 Å². The van der Waals surface area contributed by atoms with Crippen LogP contribution < -0.4 is 0 Å². The third-order valence-electron chi connectivity index (χ3n) is 15.8. The van der Waals surface area contributed by atoms with Crippen LogP contribution in [0.25, 0.3) is 0 Å². The van der Waals surface area contributed by atoms with Crippen molar-refractivity contribution in [2.24, 2.45) is 0 Å². The van der Waals surface area contributed by atoms with Crippen LogP contribution in [0.15, 0.2) is 12.2 Å². The summed E-state index contributed by atoms with van der Waals surface area (Å²) in [5.41, 5.74) is 0. The summed E-state index contributed by atoms with van der Waals surface area (Å²) in [6.45, 7) is 6.72. The van der Waals surface area contributed by atoms with Crippen molar-refractivity contribution in [2.75, 3.05) is 13.2 Å². The van der Waals surface area contributed by atoms with Crippen molar-refractivity contribution in [3.8, 4) is 0 Å². The molecule has 75 heavy (non-hydrogen) atoms. The van der Waals surface area contributed by atoms with E-state index in [1.54, 1.807) is 0 Å². The van der Waals surface area contributed by atoms with E-state index in [4.69, 9.17) is 14.2 Å². The van der Waals surface area contributed by atoms with Crippen molar-refractivity contribution in [3.63, 3.8) is 0 Å². The molecular formula is C69H132O6. The lowest BCUT2D eigenvalue weighted by molar-refractivity contribution is -0.167. The molecule has 0 bridgehead atoms. The molecule has 0 radical (unpaired) electrons. The van der Waals surface area contributed by atoms with Crippen LogP contribution in [-0.2, 0) is 28.6 Å². The SMILES string of the molecule is CCCCCCCC/C=C\CCCCCCCC(=O)OCC(COC(=O)CCCCCCCCCCCCCCCCCCCCCCCCCCC)OC(=O)CCCCCCCCCCCCCCCCCCC. The number of allylic oxidation sites excluding steroid dienone is 2. The van der Waals surface area contributed by atoms with Crippen molar-refractivity contribution < 1.29 is 28.6 Å². The van der Waals surface area contributed by atoms with Gasteiger partial charge in [-0.15, -0.1) is 0 Å². The molecule has 6 nitrogen and oxygen atoms in total. The Hall–Kier alpha value is -1.85. The first-order valence-corrected chi connectivity index (χ1v) is 34.2. The van der Waals surface area contributed by atoms with Gasteiger partial charge in [0.1, 0.15) is 13.2 Å². The molecule has 0 aliphatic rings. The van der Waals surface area contributed by atoms with E-state index < -0.39 is 6.10 Å². The largest absolute Gasteiger partial charge is 0.462 e. The standard InChI is InChI=1S/C69H132O6/c1-4-7-10-13-16-19-22-25-28-30-31-32-33-34-35-36-37-39-41-44-47-50-53-56-59-62-68(71)74-65-66(64-73-67(70)61-58-55-52-49-46-43-40-27-24-21-18-15-12-9-6-3)75-69(72)63-60-57-54-51-48-45-42-38-29-26-23-20-17-14-11-8-5-2/h27,40,66H,4-26,28-39,41-65H2,1-3H3/b40-27-. The first-order chi connectivity index (χ1) is 37.0. The minimum Gasteiger partial charge on any atom is -0.462 e. The number of hydrogen-bond donors (Lipinski definition) is 0. The number of unbranched alkanes of at least 4 members (excludes halogenated alkanes) is 51. The third kappa shape index (κ3) is 62.9. The molecule has 0 aliphatic heterocycles. The van der Waals surface area contributed by atoms with Crippen molar-refractivity contribution in [3.05, 3.63) is 12.2 Å². The number of rotatable bonds is 64. The second-order valence-corrected chi connectivity index (χ2v) is 23.5. The Morgan fingerprint density at radius 2 is 0.440 bits per heavy atom. The Morgan fingerprint density at radius 3 is 0.667 bits per heavy atom. The molecule has 0 saturated carbocycles. The molecule has 0 rings (SSSR count). The minimum atomic E-state index is -0.769. The van der Waals surface area contributed by atoms with Crippen molar-refractivity contribution >= 4 is 17.9 Å². The molecule has 6 heteroatoms. The van der Waals surface area contributed by atoms with Crippen molar-refractivity contribution in [2.45, 2.75) is 399 Å². The number of hydrogen-bond acceptors (Lipinski definition) is 6. The Morgan fingerprint density at radius 1 is 0.253 bits per heavy atom. The zero-order chi connectivity index (χ0) is 54.3. The maximum absolute atomic E-state index is 12.9. The predicted octanol–water partition coefficient (Wildman–Crippen LogP) is 23.2. The second-order valence-electron chi connectivity index (χ2n) is 23.5. The van der Waals surface area contributed by atoms with Gasteiger partial charge in [0.05, 0.1) is 0 Å². The van der Waals surface area contributed by atoms with Gasteiger partial charge < -0.3 is 14.2 Å². The number of esters is 3. The van der Waals surface area contributed by atoms with Crippen LogP contribution in [-0.4, -0.2) is 37.2 Å². The number of ether oxygens (including phenoxy) is 3. The van der Waals surface area contributed by atoms with Gasteiger partial charge in [0, 0.05) is 19.3 Å². The molecule has 0 N–H and O–H groups in total. The highest BCUT2D eigenvalue weighted by Crippen LogP contribution is 2.19. The van der Waals surface area contributed by atoms with Crippen LogP contribution in [0.2, 0.25) is 0 Å². The van der Waals surface area contributed by atoms with Gasteiger partial charge in [-0.1, -0.05) is 341 Å². The van der Waals surface area contributed by atoms with Crippen LogP contribution in [0.5, 0.6) is 0 Å². The van der Waals surface area contributed by atoms with Gasteiger partial charge in [-0.3, -0.25) is 14.4 Å². The van der Waals surface area contributed by atoms with E-state index >= 15 is 0 Å². The summed E-state index contributed by atoms with van der Waals surface area (Å²) in [6.07, 6.45) is 76.6. The molecule has 0 aromatic rings. The fourth-order valence-corrected chi connectivity index (χ4v) is 10.6. The minimum absolute atomic E-state index is 0.0657. The fourth-order valence-electron chi connectivity index (χ4n) is 10.6. The molecule has 0 fully saturated rings. The quantitative estimate of drug-likeness (QED) is 0.0261. The summed E-state index contributed by atoms with van der Waals surface area (Å²) in [7, 11) is 0. The van der Waals surface area contributed by atoms with Gasteiger partial charge in [-0.25, -0.2) is 0 Å². The molecule has 0 heterocycles. The maximum Gasteiger partial charge on any atom is 0.306 e. The summed E-state index contributed by atoms with van der Waals surface area (Å²) in [4.78, 5) is 38.4. The molecule has 0 aromatic carbocycles. The van der Waals surface area contributed by atoms with E-state index in [0.29, 0.717) is 19.3 Å². The summed E-state index contributed by atoms with van der Waals surface area (Å²) in [5, 5.41) is 0. The Kier molecular flexibility index (Phi) is 63.1. The molecule has 0 spiro atoms. The summed E-state index contributed by atoms with van der Waals surface area (Å²) >= 11 is 0. The summed E-state index contributed by atoms with van der Waals surface area (Å²) < 4.78 is 17.0. The van der Waals surface area contributed by atoms with E-state index in [9.17, 15) is 14.4 Å². The molecule has 0 aliphatic carbocycles. The van der Waals surface area contributed by atoms with E-state index in [-0.39, 0.29) is 31.1 Å². The Bertz CT molecular complexity index is 1170. The van der Waals surface area contributed by atoms with E-state index in [1.807, 2.05) is 0 Å². The fraction of sp³-hybridized carbons (Fsp3) is 0.928. The monoisotopic (exact) mass is 1060 g/mol. The zero-order valence-electron chi connectivity index (χ0n) is 51.1. The molecule has 0 aromatic heterocycles. The van der Waals surface area contributed by atoms with Crippen LogP contribution in [0.3, 0.4) is 0 Å². The first kappa shape index (κ1) is 73.2. The normalized spacial score (nSPS) is 12.0. The smallest absolute Gasteiger partial charge is 0.306 e. The lowest BCUT2D eigenvalue weighted by Gasteiger charge is -2.18.